The number of hydrogen-bond donors (Lipinski definition) is 1. The van der Waals surface area contributed by atoms with Crippen molar-refractivity contribution in [3.8, 4) is 0 Å². The van der Waals surface area contributed by atoms with Gasteiger partial charge in [0.05, 0.1) is 16.7 Å². The number of nitrogens with two attached hydrogens (primary N) is 1. The largest absolute Gasteiger partial charge is 0.326 e. The lowest BCUT2D eigenvalue weighted by Gasteiger charge is -2.23. The van der Waals surface area contributed by atoms with E-state index < -0.39 is 0 Å². The van der Waals surface area contributed by atoms with Crippen molar-refractivity contribution >= 4 is 15.9 Å². The fourth-order valence-corrected chi connectivity index (χ4v) is 2.15. The topological polar surface area (TPSA) is 56.7 Å². The lowest BCUT2D eigenvalue weighted by Crippen LogP contribution is -2.32. The first-order valence-electron chi connectivity index (χ1n) is 5.57. The Labute approximate surface area is 109 Å². The average molecular weight is 295 g/mol. The van der Waals surface area contributed by atoms with Crippen molar-refractivity contribution in [1.82, 2.24) is 14.8 Å². The number of pyridine rings is 1. The molecule has 4 nitrogen and oxygen atoms in total. The van der Waals surface area contributed by atoms with E-state index in [4.69, 9.17) is 5.73 Å². The van der Waals surface area contributed by atoms with Crippen LogP contribution in [0.2, 0.25) is 0 Å². The number of rotatable bonds is 4. The monoisotopic (exact) mass is 294 g/mol. The fraction of sp³-hybridized carbons (Fsp3) is 0.333. The smallest absolute Gasteiger partial charge is 0.0920 e. The van der Waals surface area contributed by atoms with Gasteiger partial charge in [-0.15, -0.1) is 0 Å². The summed E-state index contributed by atoms with van der Waals surface area (Å²) < 4.78 is 2.85. The van der Waals surface area contributed by atoms with Crippen LogP contribution in [0.3, 0.4) is 0 Å². The summed E-state index contributed by atoms with van der Waals surface area (Å²) in [5.41, 5.74) is 7.32. The molecule has 0 aliphatic heterocycles. The highest BCUT2D eigenvalue weighted by atomic mass is 79.9. The number of aromatic nitrogens is 3. The van der Waals surface area contributed by atoms with Gasteiger partial charge in [0.2, 0.25) is 0 Å². The van der Waals surface area contributed by atoms with Gasteiger partial charge in [0.25, 0.3) is 0 Å². The number of halogens is 1. The first kappa shape index (κ1) is 12.3. The lowest BCUT2D eigenvalue weighted by molar-refractivity contribution is 0.423. The molecule has 2 rings (SSSR count). The van der Waals surface area contributed by atoms with E-state index in [1.165, 1.54) is 0 Å². The highest BCUT2D eigenvalue weighted by molar-refractivity contribution is 9.10. The molecule has 2 atom stereocenters. The first-order valence-corrected chi connectivity index (χ1v) is 6.37. The second-order valence-corrected chi connectivity index (χ2v) is 4.85. The zero-order valence-electron chi connectivity index (χ0n) is 9.62. The Morgan fingerprint density at radius 1 is 1.41 bits per heavy atom. The fourth-order valence-electron chi connectivity index (χ4n) is 1.85. The molecule has 0 radical (unpaired) electrons. The molecule has 2 aromatic heterocycles. The molecule has 0 fully saturated rings. The van der Waals surface area contributed by atoms with Crippen molar-refractivity contribution in [2.45, 2.75) is 25.4 Å². The summed E-state index contributed by atoms with van der Waals surface area (Å²) in [5.74, 6) is 0. The van der Waals surface area contributed by atoms with Gasteiger partial charge in [-0.1, -0.05) is 6.92 Å². The van der Waals surface area contributed by atoms with Crippen LogP contribution in [0.25, 0.3) is 0 Å². The summed E-state index contributed by atoms with van der Waals surface area (Å²) in [6.45, 7) is 2.08. The molecule has 0 saturated carbocycles. The van der Waals surface area contributed by atoms with Crippen molar-refractivity contribution in [3.63, 3.8) is 0 Å². The van der Waals surface area contributed by atoms with Gasteiger partial charge in [0.15, 0.2) is 0 Å². The molecular formula is C12H15BrN4. The molecule has 0 aromatic carbocycles. The minimum Gasteiger partial charge on any atom is -0.326 e. The van der Waals surface area contributed by atoms with Crippen molar-refractivity contribution in [1.29, 1.82) is 0 Å². The molecule has 90 valence electrons. The number of nitrogens with zero attached hydrogens (tertiary/aromatic N) is 3. The van der Waals surface area contributed by atoms with Crippen LogP contribution in [-0.2, 0) is 0 Å². The maximum atomic E-state index is 6.19. The molecule has 0 aliphatic carbocycles. The molecule has 0 saturated heterocycles. The average Bonchev–Trinajstić information content (AvgIpc) is 2.77. The summed E-state index contributed by atoms with van der Waals surface area (Å²) in [7, 11) is 0. The third kappa shape index (κ3) is 2.73. The Bertz CT molecular complexity index is 468. The van der Waals surface area contributed by atoms with Crippen molar-refractivity contribution in [2.75, 3.05) is 0 Å². The summed E-state index contributed by atoms with van der Waals surface area (Å²) in [6.07, 6.45) is 8.17. The second kappa shape index (κ2) is 5.42. The summed E-state index contributed by atoms with van der Waals surface area (Å²) in [4.78, 5) is 4.03. The van der Waals surface area contributed by atoms with E-state index in [2.05, 4.69) is 32.9 Å². The second-order valence-electron chi connectivity index (χ2n) is 3.94. The van der Waals surface area contributed by atoms with E-state index in [-0.39, 0.29) is 12.1 Å². The van der Waals surface area contributed by atoms with Crippen LogP contribution in [0.4, 0.5) is 0 Å². The van der Waals surface area contributed by atoms with Gasteiger partial charge in [-0.05, 0) is 40.0 Å². The molecule has 0 amide bonds. The summed E-state index contributed by atoms with van der Waals surface area (Å²) in [5, 5.41) is 4.33. The molecule has 0 spiro atoms. The van der Waals surface area contributed by atoms with Crippen LogP contribution < -0.4 is 5.73 Å². The van der Waals surface area contributed by atoms with Gasteiger partial charge in [-0.2, -0.15) is 5.10 Å². The SMILES string of the molecule is CCC(N)C(c1ccncc1)n1cc(Br)cn1. The van der Waals surface area contributed by atoms with Crippen molar-refractivity contribution in [3.05, 3.63) is 47.0 Å². The van der Waals surface area contributed by atoms with E-state index in [1.807, 2.05) is 23.0 Å². The molecule has 5 heteroatoms. The molecule has 2 aromatic rings. The van der Waals surface area contributed by atoms with Crippen LogP contribution in [0.1, 0.15) is 24.9 Å². The molecular weight excluding hydrogens is 280 g/mol. The molecule has 2 N–H and O–H groups in total. The minimum absolute atomic E-state index is 0.0317. The highest BCUT2D eigenvalue weighted by Gasteiger charge is 2.21. The van der Waals surface area contributed by atoms with E-state index >= 15 is 0 Å². The Morgan fingerprint density at radius 3 is 2.65 bits per heavy atom. The third-order valence-corrected chi connectivity index (χ3v) is 3.19. The Morgan fingerprint density at radius 2 is 2.12 bits per heavy atom. The molecule has 0 bridgehead atoms. The maximum Gasteiger partial charge on any atom is 0.0920 e. The Hall–Kier alpha value is -1.20. The summed E-state index contributed by atoms with van der Waals surface area (Å²) >= 11 is 3.41. The maximum absolute atomic E-state index is 6.19. The van der Waals surface area contributed by atoms with Crippen LogP contribution in [-0.4, -0.2) is 20.8 Å². The van der Waals surface area contributed by atoms with Crippen molar-refractivity contribution in [2.24, 2.45) is 5.73 Å². The molecule has 2 unspecified atom stereocenters. The van der Waals surface area contributed by atoms with E-state index in [1.54, 1.807) is 18.6 Å². The van der Waals surface area contributed by atoms with Crippen LogP contribution in [0.15, 0.2) is 41.4 Å². The van der Waals surface area contributed by atoms with E-state index in [0.29, 0.717) is 0 Å². The van der Waals surface area contributed by atoms with Crippen LogP contribution >= 0.6 is 15.9 Å². The molecule has 0 aliphatic rings. The summed E-state index contributed by atoms with van der Waals surface area (Å²) in [6, 6.07) is 4.05. The van der Waals surface area contributed by atoms with Crippen molar-refractivity contribution < 1.29 is 0 Å². The van der Waals surface area contributed by atoms with Gasteiger partial charge in [-0.25, -0.2) is 0 Å². The van der Waals surface area contributed by atoms with E-state index in [9.17, 15) is 0 Å². The lowest BCUT2D eigenvalue weighted by atomic mass is 9.99. The third-order valence-electron chi connectivity index (χ3n) is 2.78. The predicted octanol–water partition coefficient (Wildman–Crippen LogP) is 2.37. The standard InChI is InChI=1S/C12H15BrN4/c1-2-11(14)12(9-3-5-15-6-4-9)17-8-10(13)7-16-17/h3-8,11-12H,2,14H2,1H3. The van der Waals surface area contributed by atoms with Gasteiger partial charge < -0.3 is 5.73 Å². The normalized spacial score (nSPS) is 14.5. The molecule has 17 heavy (non-hydrogen) atoms. The minimum atomic E-state index is 0.0317. The van der Waals surface area contributed by atoms with Gasteiger partial charge in [0, 0.05) is 24.6 Å². The highest BCUT2D eigenvalue weighted by Crippen LogP contribution is 2.23. The zero-order valence-corrected chi connectivity index (χ0v) is 11.2. The Kier molecular flexibility index (Phi) is 3.91. The Balaban J connectivity index is 2.39. The van der Waals surface area contributed by atoms with Gasteiger partial charge in [0.1, 0.15) is 0 Å². The van der Waals surface area contributed by atoms with Gasteiger partial charge >= 0.3 is 0 Å². The quantitative estimate of drug-likeness (QED) is 0.942. The number of hydrogen-bond acceptors (Lipinski definition) is 3. The van der Waals surface area contributed by atoms with Gasteiger partial charge in [-0.3, -0.25) is 9.67 Å². The molecule has 2 heterocycles. The van der Waals surface area contributed by atoms with E-state index in [0.717, 1.165) is 16.5 Å². The van der Waals surface area contributed by atoms with Crippen LogP contribution in [0, 0.1) is 0 Å². The van der Waals surface area contributed by atoms with Crippen LogP contribution in [0.5, 0.6) is 0 Å². The zero-order chi connectivity index (χ0) is 12.3. The predicted molar refractivity (Wildman–Crippen MR) is 70.6 cm³/mol. The first-order chi connectivity index (χ1) is 8.22.